The number of aromatic nitrogens is 2. The summed E-state index contributed by atoms with van der Waals surface area (Å²) in [5.74, 6) is 0.0626. The Kier molecular flexibility index (Phi) is 6.02. The SMILES string of the molecule is CCCCNC(=O)C(C)NCc1c(C)nn(C)c1C. The van der Waals surface area contributed by atoms with Crippen LogP contribution >= 0.6 is 0 Å². The third-order valence-corrected chi connectivity index (χ3v) is 3.47. The molecule has 0 aromatic carbocycles. The fourth-order valence-corrected chi connectivity index (χ4v) is 1.96. The van der Waals surface area contributed by atoms with Gasteiger partial charge in [-0.2, -0.15) is 5.10 Å². The van der Waals surface area contributed by atoms with Gasteiger partial charge in [-0.1, -0.05) is 13.3 Å². The molecule has 0 saturated heterocycles. The maximum absolute atomic E-state index is 11.8. The van der Waals surface area contributed by atoms with Crippen LogP contribution < -0.4 is 10.6 Å². The molecule has 0 saturated carbocycles. The third kappa shape index (κ3) is 4.35. The average molecular weight is 266 g/mol. The zero-order valence-electron chi connectivity index (χ0n) is 12.7. The first kappa shape index (κ1) is 15.7. The number of nitrogens with one attached hydrogen (secondary N) is 2. The van der Waals surface area contributed by atoms with Crippen molar-refractivity contribution in [2.24, 2.45) is 7.05 Å². The molecule has 2 N–H and O–H groups in total. The summed E-state index contributed by atoms with van der Waals surface area (Å²) in [7, 11) is 1.94. The maximum atomic E-state index is 11.8. The molecule has 0 radical (unpaired) electrons. The molecule has 1 aromatic rings. The van der Waals surface area contributed by atoms with E-state index in [4.69, 9.17) is 0 Å². The second-order valence-electron chi connectivity index (χ2n) is 5.02. The molecular formula is C14H26N4O. The van der Waals surface area contributed by atoms with E-state index in [2.05, 4.69) is 22.7 Å². The zero-order valence-corrected chi connectivity index (χ0v) is 12.7. The molecule has 0 aliphatic rings. The minimum absolute atomic E-state index is 0.0626. The van der Waals surface area contributed by atoms with Gasteiger partial charge in [0.2, 0.25) is 5.91 Å². The van der Waals surface area contributed by atoms with Gasteiger partial charge in [0.1, 0.15) is 0 Å². The van der Waals surface area contributed by atoms with Crippen molar-refractivity contribution >= 4 is 5.91 Å². The monoisotopic (exact) mass is 266 g/mol. The second kappa shape index (κ2) is 7.28. The van der Waals surface area contributed by atoms with Gasteiger partial charge in [0, 0.05) is 31.4 Å². The molecule has 1 heterocycles. The largest absolute Gasteiger partial charge is 0.355 e. The lowest BCUT2D eigenvalue weighted by atomic mass is 10.2. The van der Waals surface area contributed by atoms with Gasteiger partial charge in [-0.05, 0) is 27.2 Å². The van der Waals surface area contributed by atoms with Gasteiger partial charge in [0.25, 0.3) is 0 Å². The summed E-state index contributed by atoms with van der Waals surface area (Å²) < 4.78 is 1.87. The van der Waals surface area contributed by atoms with Crippen molar-refractivity contribution in [2.45, 2.75) is 53.1 Å². The number of rotatable bonds is 7. The van der Waals surface area contributed by atoms with Crippen molar-refractivity contribution in [3.8, 4) is 0 Å². The van der Waals surface area contributed by atoms with Crippen LogP contribution in [0, 0.1) is 13.8 Å². The molecule has 108 valence electrons. The molecule has 5 nitrogen and oxygen atoms in total. The van der Waals surface area contributed by atoms with Crippen LogP contribution in [0.15, 0.2) is 0 Å². The highest BCUT2D eigenvalue weighted by Crippen LogP contribution is 2.11. The van der Waals surface area contributed by atoms with Gasteiger partial charge in [0.15, 0.2) is 0 Å². The summed E-state index contributed by atoms with van der Waals surface area (Å²) in [5, 5.41) is 10.6. The Morgan fingerprint density at radius 2 is 2.11 bits per heavy atom. The summed E-state index contributed by atoms with van der Waals surface area (Å²) in [6.45, 7) is 9.48. The fourth-order valence-electron chi connectivity index (χ4n) is 1.96. The van der Waals surface area contributed by atoms with E-state index in [-0.39, 0.29) is 11.9 Å². The fraction of sp³-hybridized carbons (Fsp3) is 0.714. The first-order valence-corrected chi connectivity index (χ1v) is 6.97. The molecule has 0 aliphatic heterocycles. The van der Waals surface area contributed by atoms with E-state index in [1.165, 1.54) is 5.56 Å². The maximum Gasteiger partial charge on any atom is 0.236 e. The van der Waals surface area contributed by atoms with Gasteiger partial charge in [-0.15, -0.1) is 0 Å². The third-order valence-electron chi connectivity index (χ3n) is 3.47. The van der Waals surface area contributed by atoms with Crippen molar-refractivity contribution in [2.75, 3.05) is 6.54 Å². The molecular weight excluding hydrogens is 240 g/mol. The van der Waals surface area contributed by atoms with E-state index in [9.17, 15) is 4.79 Å². The van der Waals surface area contributed by atoms with Gasteiger partial charge in [0.05, 0.1) is 11.7 Å². The number of nitrogens with zero attached hydrogens (tertiary/aromatic N) is 2. The molecule has 1 atom stereocenters. The molecule has 1 rings (SSSR count). The molecule has 0 spiro atoms. The predicted molar refractivity (Wildman–Crippen MR) is 76.9 cm³/mol. The van der Waals surface area contributed by atoms with Gasteiger partial charge in [-0.3, -0.25) is 9.48 Å². The van der Waals surface area contributed by atoms with Crippen LogP contribution in [0.3, 0.4) is 0 Å². The highest BCUT2D eigenvalue weighted by atomic mass is 16.2. The highest BCUT2D eigenvalue weighted by Gasteiger charge is 2.14. The standard InChI is InChI=1S/C14H26N4O/c1-6-7-8-15-14(19)11(3)16-9-13-10(2)17-18(5)12(13)4/h11,16H,6-9H2,1-5H3,(H,15,19). The number of amides is 1. The summed E-state index contributed by atoms with van der Waals surface area (Å²) in [4.78, 5) is 11.8. The molecule has 0 aliphatic carbocycles. The Bertz CT molecular complexity index is 425. The van der Waals surface area contributed by atoms with Crippen molar-refractivity contribution < 1.29 is 4.79 Å². The van der Waals surface area contributed by atoms with Crippen molar-refractivity contribution in [1.29, 1.82) is 0 Å². The topological polar surface area (TPSA) is 59.0 Å². The molecule has 5 heteroatoms. The number of carbonyl (C=O) groups excluding carboxylic acids is 1. The van der Waals surface area contributed by atoms with E-state index < -0.39 is 0 Å². The molecule has 0 bridgehead atoms. The zero-order chi connectivity index (χ0) is 14.4. The van der Waals surface area contributed by atoms with Crippen molar-refractivity contribution in [1.82, 2.24) is 20.4 Å². The minimum atomic E-state index is -0.184. The van der Waals surface area contributed by atoms with Crippen molar-refractivity contribution in [3.63, 3.8) is 0 Å². The first-order chi connectivity index (χ1) is 8.97. The van der Waals surface area contributed by atoms with Crippen LogP contribution in [-0.4, -0.2) is 28.3 Å². The molecule has 19 heavy (non-hydrogen) atoms. The summed E-state index contributed by atoms with van der Waals surface area (Å²) in [5.41, 5.74) is 3.34. The molecule has 1 amide bonds. The van der Waals surface area contributed by atoms with E-state index in [1.807, 2.05) is 32.5 Å². The molecule has 1 aromatic heterocycles. The van der Waals surface area contributed by atoms with Crippen LogP contribution in [0.1, 0.15) is 43.6 Å². The normalized spacial score (nSPS) is 12.5. The van der Waals surface area contributed by atoms with Crippen LogP contribution in [0.2, 0.25) is 0 Å². The Balaban J connectivity index is 2.45. The van der Waals surface area contributed by atoms with Gasteiger partial charge >= 0.3 is 0 Å². The molecule has 0 fully saturated rings. The Morgan fingerprint density at radius 1 is 1.42 bits per heavy atom. The summed E-state index contributed by atoms with van der Waals surface area (Å²) in [6, 6.07) is -0.184. The van der Waals surface area contributed by atoms with E-state index in [0.717, 1.165) is 30.8 Å². The van der Waals surface area contributed by atoms with E-state index in [1.54, 1.807) is 0 Å². The van der Waals surface area contributed by atoms with E-state index >= 15 is 0 Å². The summed E-state index contributed by atoms with van der Waals surface area (Å²) in [6.07, 6.45) is 2.12. The Hall–Kier alpha value is -1.36. The smallest absolute Gasteiger partial charge is 0.236 e. The molecule has 1 unspecified atom stereocenters. The van der Waals surface area contributed by atoms with Gasteiger partial charge in [-0.25, -0.2) is 0 Å². The average Bonchev–Trinajstić information content (AvgIpc) is 2.61. The quantitative estimate of drug-likeness (QED) is 0.734. The number of aryl methyl sites for hydroxylation is 2. The van der Waals surface area contributed by atoms with Crippen molar-refractivity contribution in [3.05, 3.63) is 17.0 Å². The second-order valence-corrected chi connectivity index (χ2v) is 5.02. The van der Waals surface area contributed by atoms with Gasteiger partial charge < -0.3 is 10.6 Å². The lowest BCUT2D eigenvalue weighted by molar-refractivity contribution is -0.122. The lowest BCUT2D eigenvalue weighted by Gasteiger charge is -2.14. The van der Waals surface area contributed by atoms with Crippen LogP contribution in [0.4, 0.5) is 0 Å². The number of carbonyl (C=O) groups is 1. The predicted octanol–water partition coefficient (Wildman–Crippen LogP) is 1.43. The van der Waals surface area contributed by atoms with E-state index in [0.29, 0.717) is 6.54 Å². The lowest BCUT2D eigenvalue weighted by Crippen LogP contribution is -2.42. The highest BCUT2D eigenvalue weighted by molar-refractivity contribution is 5.81. The summed E-state index contributed by atoms with van der Waals surface area (Å²) >= 11 is 0. The van der Waals surface area contributed by atoms with Crippen LogP contribution in [0.25, 0.3) is 0 Å². The first-order valence-electron chi connectivity index (χ1n) is 6.97. The van der Waals surface area contributed by atoms with Crippen LogP contribution in [-0.2, 0) is 18.4 Å². The Labute approximate surface area is 115 Å². The number of hydrogen-bond acceptors (Lipinski definition) is 3. The number of hydrogen-bond donors (Lipinski definition) is 2. The minimum Gasteiger partial charge on any atom is -0.355 e. The number of unbranched alkanes of at least 4 members (excludes halogenated alkanes) is 1. The van der Waals surface area contributed by atoms with Crippen LogP contribution in [0.5, 0.6) is 0 Å². The Morgan fingerprint density at radius 3 is 2.63 bits per heavy atom.